The second kappa shape index (κ2) is 7.89. The van der Waals surface area contributed by atoms with E-state index in [-0.39, 0.29) is 5.76 Å². The van der Waals surface area contributed by atoms with E-state index in [0.29, 0.717) is 5.56 Å². The number of anilines is 2. The Bertz CT molecular complexity index is 1430. The number of hydrogen-bond acceptors (Lipinski definition) is 4. The zero-order chi connectivity index (χ0) is 22.5. The fraction of sp³-hybridized carbons (Fsp3) is 0.214. The molecular formula is C28H24ClN3O. The van der Waals surface area contributed by atoms with Crippen molar-refractivity contribution in [2.24, 2.45) is 0 Å². The number of halogens is 1. The Balaban J connectivity index is 1.59. The van der Waals surface area contributed by atoms with E-state index in [9.17, 15) is 5.11 Å². The predicted molar refractivity (Wildman–Crippen MR) is 135 cm³/mol. The van der Waals surface area contributed by atoms with Gasteiger partial charge < -0.3 is 10.0 Å². The molecule has 0 atom stereocenters. The number of nitrogens with zero attached hydrogens (tertiary/aromatic N) is 3. The summed E-state index contributed by atoms with van der Waals surface area (Å²) in [5.74, 6) is 0.866. The van der Waals surface area contributed by atoms with E-state index < -0.39 is 0 Å². The lowest BCUT2D eigenvalue weighted by Gasteiger charge is -2.32. The van der Waals surface area contributed by atoms with Crippen LogP contribution in [0.3, 0.4) is 0 Å². The Morgan fingerprint density at radius 2 is 1.70 bits per heavy atom. The van der Waals surface area contributed by atoms with E-state index in [2.05, 4.69) is 41.8 Å². The smallest absolute Gasteiger partial charge is 0.160 e. The van der Waals surface area contributed by atoms with E-state index in [1.54, 1.807) is 0 Å². The lowest BCUT2D eigenvalue weighted by atomic mass is 10.00. The number of aryl methyl sites for hydroxylation is 3. The maximum atomic E-state index is 9.91. The third kappa shape index (κ3) is 3.55. The molecule has 0 amide bonds. The summed E-state index contributed by atoms with van der Waals surface area (Å²) in [6.45, 7) is 4.53. The summed E-state index contributed by atoms with van der Waals surface area (Å²) >= 11 is 6.30. The van der Waals surface area contributed by atoms with Crippen LogP contribution in [0, 0.1) is 0 Å². The maximum Gasteiger partial charge on any atom is 0.160 e. The lowest BCUT2D eigenvalue weighted by Crippen LogP contribution is -2.26. The van der Waals surface area contributed by atoms with Crippen LogP contribution in [0.4, 0.5) is 11.5 Å². The fourth-order valence-electron chi connectivity index (χ4n) is 5.11. The first-order chi connectivity index (χ1) is 16.1. The minimum absolute atomic E-state index is 0.0286. The Labute approximate surface area is 198 Å². The predicted octanol–water partition coefficient (Wildman–Crippen LogP) is 7.05. The molecule has 5 heteroatoms. The van der Waals surface area contributed by atoms with Crippen LogP contribution >= 0.6 is 11.6 Å². The highest BCUT2D eigenvalue weighted by molar-refractivity contribution is 6.30. The van der Waals surface area contributed by atoms with E-state index in [1.165, 1.54) is 23.1 Å². The van der Waals surface area contributed by atoms with Gasteiger partial charge in [0.05, 0.1) is 11.0 Å². The normalized spacial score (nSPS) is 14.9. The molecule has 1 aromatic heterocycles. The van der Waals surface area contributed by atoms with Crippen LogP contribution < -0.4 is 4.90 Å². The van der Waals surface area contributed by atoms with Gasteiger partial charge in [0.2, 0.25) is 0 Å². The van der Waals surface area contributed by atoms with E-state index in [4.69, 9.17) is 21.6 Å². The molecule has 1 aliphatic carbocycles. The van der Waals surface area contributed by atoms with Crippen molar-refractivity contribution in [1.82, 2.24) is 9.97 Å². The van der Waals surface area contributed by atoms with Crippen molar-refractivity contribution in [3.05, 3.63) is 88.5 Å². The Morgan fingerprint density at radius 3 is 2.58 bits per heavy atom. The topological polar surface area (TPSA) is 49.3 Å². The van der Waals surface area contributed by atoms with Crippen LogP contribution in [-0.4, -0.2) is 21.6 Å². The molecule has 4 aromatic rings. The van der Waals surface area contributed by atoms with Gasteiger partial charge in [0, 0.05) is 28.4 Å². The summed E-state index contributed by atoms with van der Waals surface area (Å²) in [5, 5.41) is 10.7. The van der Waals surface area contributed by atoms with Crippen molar-refractivity contribution < 1.29 is 5.11 Å². The van der Waals surface area contributed by atoms with Crippen molar-refractivity contribution in [3.8, 4) is 11.3 Å². The van der Waals surface area contributed by atoms with Gasteiger partial charge in [-0.1, -0.05) is 30.3 Å². The van der Waals surface area contributed by atoms with Gasteiger partial charge in [-0.3, -0.25) is 0 Å². The number of aliphatic hydroxyl groups is 1. The number of aliphatic hydroxyl groups excluding tert-OH is 1. The second-order valence-electron chi connectivity index (χ2n) is 8.91. The van der Waals surface area contributed by atoms with Crippen molar-refractivity contribution >= 4 is 39.9 Å². The van der Waals surface area contributed by atoms with Crippen molar-refractivity contribution in [1.29, 1.82) is 0 Å². The second-order valence-corrected chi connectivity index (χ2v) is 9.35. The van der Waals surface area contributed by atoms with Crippen LogP contribution in [-0.2, 0) is 19.3 Å². The molecule has 1 N–H and O–H groups in total. The van der Waals surface area contributed by atoms with Gasteiger partial charge >= 0.3 is 0 Å². The summed E-state index contributed by atoms with van der Waals surface area (Å²) in [6, 6.07) is 18.4. The van der Waals surface area contributed by atoms with E-state index in [0.717, 1.165) is 71.0 Å². The van der Waals surface area contributed by atoms with Gasteiger partial charge in [0.15, 0.2) is 5.82 Å². The Kier molecular flexibility index (Phi) is 4.84. The van der Waals surface area contributed by atoms with Gasteiger partial charge in [0.25, 0.3) is 0 Å². The van der Waals surface area contributed by atoms with Crippen molar-refractivity contribution in [2.75, 3.05) is 11.4 Å². The number of hydrogen-bond donors (Lipinski definition) is 1. The average Bonchev–Trinajstić information content (AvgIpc) is 3.30. The molecule has 0 bridgehead atoms. The molecule has 0 saturated carbocycles. The summed E-state index contributed by atoms with van der Waals surface area (Å²) in [4.78, 5) is 12.5. The molecule has 0 spiro atoms. The molecule has 4 nitrogen and oxygen atoms in total. The Hall–Kier alpha value is -3.37. The molecule has 0 unspecified atom stereocenters. The standard InChI is InChI=1S/C28H24ClN3O/c1-17(33)19-9-11-24-25(16-19)31-28(32-13-3-6-21-15-23(29)10-12-26(21)32)27(30-24)22-8-7-18-4-2-5-20(18)14-22/h7-12,14-16,33H,1-6,13H2. The fourth-order valence-corrected chi connectivity index (χ4v) is 5.31. The summed E-state index contributed by atoms with van der Waals surface area (Å²) in [6.07, 6.45) is 5.50. The third-order valence-electron chi connectivity index (χ3n) is 6.77. The zero-order valence-corrected chi connectivity index (χ0v) is 19.1. The summed E-state index contributed by atoms with van der Waals surface area (Å²) in [7, 11) is 0. The molecule has 3 aromatic carbocycles. The number of aromatic nitrogens is 2. The summed E-state index contributed by atoms with van der Waals surface area (Å²) in [5.41, 5.74) is 9.39. The molecule has 2 heterocycles. The molecule has 6 rings (SSSR count). The molecular weight excluding hydrogens is 430 g/mol. The van der Waals surface area contributed by atoms with Gasteiger partial charge in [-0.25, -0.2) is 9.97 Å². The van der Waals surface area contributed by atoms with Gasteiger partial charge in [-0.15, -0.1) is 0 Å². The lowest BCUT2D eigenvalue weighted by molar-refractivity contribution is 0.514. The van der Waals surface area contributed by atoms with Crippen molar-refractivity contribution in [3.63, 3.8) is 0 Å². The highest BCUT2D eigenvalue weighted by Gasteiger charge is 2.25. The first-order valence-corrected chi connectivity index (χ1v) is 11.8. The van der Waals surface area contributed by atoms with Crippen LogP contribution in [0.2, 0.25) is 5.02 Å². The number of benzene rings is 3. The van der Waals surface area contributed by atoms with E-state index in [1.807, 2.05) is 24.3 Å². The monoisotopic (exact) mass is 453 g/mol. The average molecular weight is 454 g/mol. The minimum atomic E-state index is 0.0286. The van der Waals surface area contributed by atoms with Crippen LogP contribution in [0.5, 0.6) is 0 Å². The quantitative estimate of drug-likeness (QED) is 0.337. The molecule has 0 radical (unpaired) electrons. The van der Waals surface area contributed by atoms with E-state index >= 15 is 0 Å². The Morgan fingerprint density at radius 1 is 0.848 bits per heavy atom. The van der Waals surface area contributed by atoms with Gasteiger partial charge in [-0.2, -0.15) is 0 Å². The molecule has 1 aliphatic heterocycles. The van der Waals surface area contributed by atoms with Gasteiger partial charge in [-0.05, 0) is 91.3 Å². The highest BCUT2D eigenvalue weighted by Crippen LogP contribution is 2.40. The first-order valence-electron chi connectivity index (χ1n) is 11.4. The SMILES string of the molecule is C=C(O)c1ccc2nc(-c3ccc4c(c3)CCC4)c(N3CCCc4cc(Cl)ccc43)nc2c1. The van der Waals surface area contributed by atoms with Crippen molar-refractivity contribution in [2.45, 2.75) is 32.1 Å². The molecule has 33 heavy (non-hydrogen) atoms. The minimum Gasteiger partial charge on any atom is -0.508 e. The van der Waals surface area contributed by atoms with Gasteiger partial charge in [0.1, 0.15) is 11.5 Å². The largest absolute Gasteiger partial charge is 0.508 e. The maximum absolute atomic E-state index is 9.91. The molecule has 164 valence electrons. The van der Waals surface area contributed by atoms with Crippen LogP contribution in [0.15, 0.2) is 61.2 Å². The highest BCUT2D eigenvalue weighted by atomic mass is 35.5. The first kappa shape index (κ1) is 20.3. The number of fused-ring (bicyclic) bond motifs is 3. The molecule has 2 aliphatic rings. The number of rotatable bonds is 3. The third-order valence-corrected chi connectivity index (χ3v) is 7.00. The molecule has 0 fully saturated rings. The van der Waals surface area contributed by atoms with Crippen LogP contribution in [0.25, 0.3) is 28.0 Å². The zero-order valence-electron chi connectivity index (χ0n) is 18.3. The summed E-state index contributed by atoms with van der Waals surface area (Å²) < 4.78 is 0. The molecule has 0 saturated heterocycles. The van der Waals surface area contributed by atoms with Crippen LogP contribution in [0.1, 0.15) is 35.1 Å².